The molecule has 2 aromatic rings. The van der Waals surface area contributed by atoms with Crippen LogP contribution in [0.25, 0.3) is 0 Å². The first-order valence-corrected chi connectivity index (χ1v) is 7.93. The van der Waals surface area contributed by atoms with Crippen molar-refractivity contribution in [2.24, 2.45) is 0 Å². The average Bonchev–Trinajstić information content (AvgIpc) is 2.47. The van der Waals surface area contributed by atoms with Crippen LogP contribution in [0.15, 0.2) is 24.3 Å². The van der Waals surface area contributed by atoms with Gasteiger partial charge in [-0.25, -0.2) is 0 Å². The lowest BCUT2D eigenvalue weighted by molar-refractivity contribution is 0.122. The van der Waals surface area contributed by atoms with Gasteiger partial charge in [0.2, 0.25) is 17.2 Å². The second kappa shape index (κ2) is 6.71. The summed E-state index contributed by atoms with van der Waals surface area (Å²) in [6.45, 7) is 2.85. The third-order valence-electron chi connectivity index (χ3n) is 2.97. The first kappa shape index (κ1) is 14.7. The maximum Gasteiger partial charge on any atom is 0.233 e. The number of anilines is 3. The lowest BCUT2D eigenvalue weighted by atomic mass is 10.3. The van der Waals surface area contributed by atoms with Crippen LogP contribution >= 0.6 is 34.2 Å². The predicted molar refractivity (Wildman–Crippen MR) is 90.3 cm³/mol. The minimum atomic E-state index is 0.180. The Bertz CT molecular complexity index is 636. The fourth-order valence-corrected chi connectivity index (χ4v) is 2.69. The summed E-state index contributed by atoms with van der Waals surface area (Å²) in [5.74, 6) is 1.02. The molecule has 1 N–H and O–H groups in total. The predicted octanol–water partition coefficient (Wildman–Crippen LogP) is 2.71. The molecular weight excluding hydrogens is 405 g/mol. The number of aromatic nitrogens is 3. The molecule has 1 fully saturated rings. The summed E-state index contributed by atoms with van der Waals surface area (Å²) in [7, 11) is 0. The summed E-state index contributed by atoms with van der Waals surface area (Å²) in [4.78, 5) is 14.8. The van der Waals surface area contributed by atoms with Gasteiger partial charge in [0.1, 0.15) is 0 Å². The molecule has 0 spiro atoms. The normalized spacial score (nSPS) is 15.0. The smallest absolute Gasteiger partial charge is 0.233 e. The standard InChI is InChI=1S/C13H13ClIN5O/c14-11-17-12(16-10-3-1-2-9(15)8-10)19-13(18-11)20-4-6-21-7-5-20/h1-3,8H,4-7H2,(H,16,17,18,19). The molecule has 0 amide bonds. The Balaban J connectivity index is 1.83. The minimum absolute atomic E-state index is 0.180. The molecule has 8 heteroatoms. The molecule has 1 aliphatic heterocycles. The van der Waals surface area contributed by atoms with Gasteiger partial charge in [0.15, 0.2) is 0 Å². The molecule has 0 atom stereocenters. The van der Waals surface area contributed by atoms with Crippen LogP contribution in [0, 0.1) is 3.57 Å². The van der Waals surface area contributed by atoms with E-state index in [2.05, 4.69) is 42.9 Å². The highest BCUT2D eigenvalue weighted by Gasteiger charge is 2.16. The molecule has 21 heavy (non-hydrogen) atoms. The first-order chi connectivity index (χ1) is 10.2. The number of rotatable bonds is 3. The number of morpholine rings is 1. The molecule has 0 unspecified atom stereocenters. The van der Waals surface area contributed by atoms with Crippen LogP contribution < -0.4 is 10.2 Å². The van der Waals surface area contributed by atoms with Crippen molar-refractivity contribution < 1.29 is 4.74 Å². The van der Waals surface area contributed by atoms with Gasteiger partial charge in [-0.15, -0.1) is 0 Å². The van der Waals surface area contributed by atoms with E-state index in [1.165, 1.54) is 0 Å². The molecule has 0 radical (unpaired) electrons. The number of halogens is 2. The molecule has 1 aromatic carbocycles. The van der Waals surface area contributed by atoms with Crippen molar-refractivity contribution in [2.45, 2.75) is 0 Å². The highest BCUT2D eigenvalue weighted by atomic mass is 127. The Morgan fingerprint density at radius 2 is 2.00 bits per heavy atom. The molecule has 110 valence electrons. The quantitative estimate of drug-likeness (QED) is 0.775. The van der Waals surface area contributed by atoms with Gasteiger partial charge in [0.05, 0.1) is 13.2 Å². The van der Waals surface area contributed by atoms with Crippen LogP contribution in [0.4, 0.5) is 17.6 Å². The summed E-state index contributed by atoms with van der Waals surface area (Å²) in [6.07, 6.45) is 0. The summed E-state index contributed by atoms with van der Waals surface area (Å²) < 4.78 is 6.46. The van der Waals surface area contributed by atoms with E-state index in [1.54, 1.807) is 0 Å². The lowest BCUT2D eigenvalue weighted by Gasteiger charge is -2.26. The van der Waals surface area contributed by atoms with E-state index < -0.39 is 0 Å². The Hall–Kier alpha value is -1.19. The van der Waals surface area contributed by atoms with E-state index in [1.807, 2.05) is 29.2 Å². The van der Waals surface area contributed by atoms with Gasteiger partial charge in [0, 0.05) is 22.3 Å². The fraction of sp³-hybridized carbons (Fsp3) is 0.308. The number of ether oxygens (including phenoxy) is 1. The number of nitrogens with one attached hydrogen (secondary N) is 1. The van der Waals surface area contributed by atoms with Crippen LogP contribution in [0.2, 0.25) is 5.28 Å². The van der Waals surface area contributed by atoms with Crippen molar-refractivity contribution >= 4 is 51.8 Å². The zero-order valence-electron chi connectivity index (χ0n) is 11.1. The number of hydrogen-bond acceptors (Lipinski definition) is 6. The van der Waals surface area contributed by atoms with Gasteiger partial charge in [-0.1, -0.05) is 6.07 Å². The Kier molecular flexibility index (Phi) is 4.71. The summed E-state index contributed by atoms with van der Waals surface area (Å²) in [5, 5.41) is 3.34. The third-order valence-corrected chi connectivity index (χ3v) is 3.81. The van der Waals surface area contributed by atoms with Crippen molar-refractivity contribution in [3.8, 4) is 0 Å². The van der Waals surface area contributed by atoms with E-state index >= 15 is 0 Å². The summed E-state index contributed by atoms with van der Waals surface area (Å²) in [5.41, 5.74) is 0.914. The summed E-state index contributed by atoms with van der Waals surface area (Å²) in [6, 6.07) is 7.95. The second-order valence-corrected chi connectivity index (χ2v) is 6.05. The van der Waals surface area contributed by atoms with Crippen LogP contribution in [-0.2, 0) is 4.74 Å². The van der Waals surface area contributed by atoms with Crippen molar-refractivity contribution in [3.63, 3.8) is 0 Å². The van der Waals surface area contributed by atoms with Crippen LogP contribution in [0.5, 0.6) is 0 Å². The van der Waals surface area contributed by atoms with Crippen molar-refractivity contribution in [3.05, 3.63) is 33.1 Å². The second-order valence-electron chi connectivity index (χ2n) is 4.46. The van der Waals surface area contributed by atoms with Gasteiger partial charge < -0.3 is 15.0 Å². The van der Waals surface area contributed by atoms with E-state index in [9.17, 15) is 0 Å². The van der Waals surface area contributed by atoms with Gasteiger partial charge in [-0.3, -0.25) is 0 Å². The molecule has 3 rings (SSSR count). The maximum atomic E-state index is 6.01. The number of benzene rings is 1. The zero-order valence-corrected chi connectivity index (χ0v) is 14.0. The molecule has 0 aliphatic carbocycles. The minimum Gasteiger partial charge on any atom is -0.378 e. The molecule has 1 saturated heterocycles. The Labute approximate surface area is 141 Å². The van der Waals surface area contributed by atoms with E-state index in [0.717, 1.165) is 22.3 Å². The topological polar surface area (TPSA) is 63.2 Å². The fourth-order valence-electron chi connectivity index (χ4n) is 2.00. The van der Waals surface area contributed by atoms with E-state index in [4.69, 9.17) is 16.3 Å². The van der Waals surface area contributed by atoms with Crippen molar-refractivity contribution in [1.82, 2.24) is 15.0 Å². The maximum absolute atomic E-state index is 6.01. The zero-order chi connectivity index (χ0) is 14.7. The molecule has 1 aromatic heterocycles. The SMILES string of the molecule is Clc1nc(Nc2cccc(I)c2)nc(N2CCOCC2)n1. The lowest BCUT2D eigenvalue weighted by Crippen LogP contribution is -2.37. The van der Waals surface area contributed by atoms with Crippen LogP contribution in [-0.4, -0.2) is 41.3 Å². The Morgan fingerprint density at radius 3 is 2.76 bits per heavy atom. The molecule has 0 saturated carbocycles. The van der Waals surface area contributed by atoms with Gasteiger partial charge in [-0.2, -0.15) is 15.0 Å². The van der Waals surface area contributed by atoms with Crippen LogP contribution in [0.1, 0.15) is 0 Å². The van der Waals surface area contributed by atoms with Gasteiger partial charge in [0.25, 0.3) is 0 Å². The van der Waals surface area contributed by atoms with Crippen molar-refractivity contribution in [2.75, 3.05) is 36.5 Å². The van der Waals surface area contributed by atoms with E-state index in [-0.39, 0.29) is 5.28 Å². The van der Waals surface area contributed by atoms with Crippen LogP contribution in [0.3, 0.4) is 0 Å². The molecule has 1 aliphatic rings. The monoisotopic (exact) mass is 417 g/mol. The summed E-state index contributed by atoms with van der Waals surface area (Å²) >= 11 is 8.26. The first-order valence-electron chi connectivity index (χ1n) is 6.47. The van der Waals surface area contributed by atoms with E-state index in [0.29, 0.717) is 25.1 Å². The molecule has 6 nitrogen and oxygen atoms in total. The van der Waals surface area contributed by atoms with Gasteiger partial charge in [-0.05, 0) is 52.4 Å². The largest absolute Gasteiger partial charge is 0.378 e. The highest BCUT2D eigenvalue weighted by Crippen LogP contribution is 2.19. The number of hydrogen-bond donors (Lipinski definition) is 1. The highest BCUT2D eigenvalue weighted by molar-refractivity contribution is 14.1. The third kappa shape index (κ3) is 3.92. The number of nitrogens with zero attached hydrogens (tertiary/aromatic N) is 4. The molecule has 2 heterocycles. The Morgan fingerprint density at radius 1 is 1.19 bits per heavy atom. The van der Waals surface area contributed by atoms with Gasteiger partial charge >= 0.3 is 0 Å². The molecule has 0 bridgehead atoms. The average molecular weight is 418 g/mol. The molecular formula is C13H13ClIN5O. The van der Waals surface area contributed by atoms with Crippen molar-refractivity contribution in [1.29, 1.82) is 0 Å².